The van der Waals surface area contributed by atoms with Crippen LogP contribution in [0.3, 0.4) is 0 Å². The average molecular weight is 281 g/mol. The molecule has 0 saturated heterocycles. The van der Waals surface area contributed by atoms with Gasteiger partial charge in [-0.2, -0.15) is 0 Å². The first kappa shape index (κ1) is 11.9. The molecule has 0 radical (unpaired) electrons. The van der Waals surface area contributed by atoms with Gasteiger partial charge >= 0.3 is 5.97 Å². The van der Waals surface area contributed by atoms with Crippen LogP contribution in [0.4, 0.5) is 8.78 Å². The Bertz CT molecular complexity index is 368. The van der Waals surface area contributed by atoms with E-state index in [-0.39, 0.29) is 11.3 Å². The van der Waals surface area contributed by atoms with E-state index in [9.17, 15) is 13.6 Å². The number of aromatic carboxylic acids is 1. The van der Waals surface area contributed by atoms with Crippen LogP contribution in [0.5, 0.6) is 5.75 Å². The largest absolute Gasteiger partial charge is 0.488 e. The van der Waals surface area contributed by atoms with Crippen molar-refractivity contribution in [2.45, 2.75) is 6.43 Å². The van der Waals surface area contributed by atoms with Gasteiger partial charge in [0, 0.05) is 4.47 Å². The number of benzene rings is 1. The van der Waals surface area contributed by atoms with Crippen molar-refractivity contribution >= 4 is 21.9 Å². The molecule has 0 atom stereocenters. The van der Waals surface area contributed by atoms with Crippen LogP contribution in [-0.2, 0) is 0 Å². The molecule has 0 unspecified atom stereocenters. The Kier molecular flexibility index (Phi) is 4.02. The van der Waals surface area contributed by atoms with E-state index in [4.69, 9.17) is 9.84 Å². The molecule has 0 aliphatic rings. The maximum Gasteiger partial charge on any atom is 0.335 e. The first-order valence-corrected chi connectivity index (χ1v) is 4.73. The number of halogens is 3. The fraction of sp³-hybridized carbons (Fsp3) is 0.222. The second kappa shape index (κ2) is 5.06. The summed E-state index contributed by atoms with van der Waals surface area (Å²) in [5.74, 6) is -1.04. The van der Waals surface area contributed by atoms with Gasteiger partial charge in [0.2, 0.25) is 0 Å². The number of alkyl halides is 2. The highest BCUT2D eigenvalue weighted by atomic mass is 79.9. The lowest BCUT2D eigenvalue weighted by Crippen LogP contribution is -2.07. The summed E-state index contributed by atoms with van der Waals surface area (Å²) in [6.45, 7) is -0.754. The minimum absolute atomic E-state index is 0.0198. The van der Waals surface area contributed by atoms with Gasteiger partial charge in [-0.25, -0.2) is 13.6 Å². The smallest absolute Gasteiger partial charge is 0.335 e. The van der Waals surface area contributed by atoms with E-state index >= 15 is 0 Å². The summed E-state index contributed by atoms with van der Waals surface area (Å²) in [5.41, 5.74) is -0.0198. The number of carbonyl (C=O) groups is 1. The zero-order valence-corrected chi connectivity index (χ0v) is 9.00. The number of rotatable bonds is 4. The van der Waals surface area contributed by atoms with Crippen molar-refractivity contribution in [2.75, 3.05) is 6.61 Å². The standard InChI is InChI=1S/C9H7BrF2O3/c10-6-1-5(9(13)14)2-7(3-6)15-4-8(11)12/h1-3,8H,4H2,(H,13,14). The van der Waals surface area contributed by atoms with Gasteiger partial charge in [0.25, 0.3) is 6.43 Å². The van der Waals surface area contributed by atoms with Gasteiger partial charge in [-0.15, -0.1) is 0 Å². The Morgan fingerprint density at radius 2 is 2.13 bits per heavy atom. The Labute approximate surface area is 92.8 Å². The zero-order valence-electron chi connectivity index (χ0n) is 7.41. The van der Waals surface area contributed by atoms with Crippen molar-refractivity contribution in [1.82, 2.24) is 0 Å². The molecular weight excluding hydrogens is 274 g/mol. The van der Waals surface area contributed by atoms with E-state index in [0.29, 0.717) is 4.47 Å². The van der Waals surface area contributed by atoms with Gasteiger partial charge in [-0.1, -0.05) is 15.9 Å². The fourth-order valence-electron chi connectivity index (χ4n) is 0.929. The third-order valence-electron chi connectivity index (χ3n) is 1.49. The van der Waals surface area contributed by atoms with Crippen LogP contribution in [0.1, 0.15) is 10.4 Å². The van der Waals surface area contributed by atoms with Gasteiger partial charge in [-0.3, -0.25) is 0 Å². The lowest BCUT2D eigenvalue weighted by molar-refractivity contribution is 0.0695. The number of hydrogen-bond donors (Lipinski definition) is 1. The first-order valence-electron chi connectivity index (χ1n) is 3.94. The summed E-state index contributed by atoms with van der Waals surface area (Å²) in [4.78, 5) is 10.6. The van der Waals surface area contributed by atoms with Crippen molar-refractivity contribution < 1.29 is 23.4 Å². The molecule has 6 heteroatoms. The molecule has 82 valence electrons. The van der Waals surface area contributed by atoms with Crippen LogP contribution in [0.15, 0.2) is 22.7 Å². The van der Waals surface area contributed by atoms with E-state index in [1.165, 1.54) is 18.2 Å². The third-order valence-corrected chi connectivity index (χ3v) is 1.95. The molecule has 0 aliphatic carbocycles. The van der Waals surface area contributed by atoms with Gasteiger partial charge in [-0.05, 0) is 18.2 Å². The summed E-state index contributed by atoms with van der Waals surface area (Å²) in [7, 11) is 0. The second-order valence-corrected chi connectivity index (χ2v) is 3.60. The monoisotopic (exact) mass is 280 g/mol. The molecule has 0 amide bonds. The normalized spacial score (nSPS) is 10.4. The summed E-state index contributed by atoms with van der Waals surface area (Å²) < 4.78 is 28.8. The van der Waals surface area contributed by atoms with Crippen LogP contribution in [0, 0.1) is 0 Å². The molecule has 1 rings (SSSR count). The molecular formula is C9H7BrF2O3. The lowest BCUT2D eigenvalue weighted by atomic mass is 10.2. The zero-order chi connectivity index (χ0) is 11.4. The molecule has 0 fully saturated rings. The molecule has 15 heavy (non-hydrogen) atoms. The first-order chi connectivity index (χ1) is 6.99. The predicted molar refractivity (Wildman–Crippen MR) is 52.6 cm³/mol. The predicted octanol–water partition coefficient (Wildman–Crippen LogP) is 2.79. The minimum Gasteiger partial charge on any atom is -0.488 e. The van der Waals surface area contributed by atoms with E-state index in [1.54, 1.807) is 0 Å². The highest BCUT2D eigenvalue weighted by Gasteiger charge is 2.08. The van der Waals surface area contributed by atoms with E-state index in [2.05, 4.69) is 15.9 Å². The van der Waals surface area contributed by atoms with Crippen molar-refractivity contribution in [3.63, 3.8) is 0 Å². The molecule has 0 spiro atoms. The molecule has 0 aliphatic heterocycles. The quantitative estimate of drug-likeness (QED) is 0.923. The number of hydrogen-bond acceptors (Lipinski definition) is 2. The molecule has 1 N–H and O–H groups in total. The summed E-state index contributed by atoms with van der Waals surface area (Å²) in [5, 5.41) is 8.69. The van der Waals surface area contributed by atoms with Gasteiger partial charge in [0.05, 0.1) is 5.56 Å². The van der Waals surface area contributed by atoms with Crippen molar-refractivity contribution in [3.8, 4) is 5.75 Å². The van der Waals surface area contributed by atoms with E-state index in [0.717, 1.165) is 0 Å². The molecule has 1 aromatic carbocycles. The maximum absolute atomic E-state index is 11.8. The molecule has 0 heterocycles. The van der Waals surface area contributed by atoms with Crippen LogP contribution >= 0.6 is 15.9 Å². The lowest BCUT2D eigenvalue weighted by Gasteiger charge is -2.06. The molecule has 3 nitrogen and oxygen atoms in total. The molecule has 1 aromatic rings. The Hall–Kier alpha value is -1.17. The topological polar surface area (TPSA) is 46.5 Å². The Balaban J connectivity index is 2.84. The fourth-order valence-corrected chi connectivity index (χ4v) is 1.40. The highest BCUT2D eigenvalue weighted by molar-refractivity contribution is 9.10. The van der Waals surface area contributed by atoms with Crippen LogP contribution in [-0.4, -0.2) is 24.1 Å². The van der Waals surface area contributed by atoms with Crippen molar-refractivity contribution in [2.24, 2.45) is 0 Å². The van der Waals surface area contributed by atoms with E-state index in [1.807, 2.05) is 0 Å². The van der Waals surface area contributed by atoms with Crippen LogP contribution in [0.2, 0.25) is 0 Å². The molecule has 0 saturated carbocycles. The van der Waals surface area contributed by atoms with Gasteiger partial charge < -0.3 is 9.84 Å². The molecule has 0 aromatic heterocycles. The van der Waals surface area contributed by atoms with Crippen LogP contribution < -0.4 is 4.74 Å². The Morgan fingerprint density at radius 1 is 1.47 bits per heavy atom. The molecule has 0 bridgehead atoms. The SMILES string of the molecule is O=C(O)c1cc(Br)cc(OCC(F)F)c1. The highest BCUT2D eigenvalue weighted by Crippen LogP contribution is 2.21. The van der Waals surface area contributed by atoms with Gasteiger partial charge in [0.1, 0.15) is 12.4 Å². The summed E-state index contributed by atoms with van der Waals surface area (Å²) in [6, 6.07) is 3.97. The summed E-state index contributed by atoms with van der Waals surface area (Å²) in [6.07, 6.45) is -2.59. The maximum atomic E-state index is 11.8. The Morgan fingerprint density at radius 3 is 2.67 bits per heavy atom. The second-order valence-electron chi connectivity index (χ2n) is 2.68. The minimum atomic E-state index is -2.59. The van der Waals surface area contributed by atoms with Crippen molar-refractivity contribution in [3.05, 3.63) is 28.2 Å². The number of ether oxygens (including phenoxy) is 1. The number of carboxylic acid groups (broad SMARTS) is 1. The van der Waals surface area contributed by atoms with Gasteiger partial charge in [0.15, 0.2) is 0 Å². The number of carboxylic acids is 1. The summed E-state index contributed by atoms with van der Waals surface area (Å²) >= 11 is 3.06. The van der Waals surface area contributed by atoms with Crippen LogP contribution in [0.25, 0.3) is 0 Å². The van der Waals surface area contributed by atoms with E-state index < -0.39 is 19.0 Å². The average Bonchev–Trinajstić information content (AvgIpc) is 2.13. The third kappa shape index (κ3) is 3.83. The van der Waals surface area contributed by atoms with Crippen molar-refractivity contribution in [1.29, 1.82) is 0 Å².